The van der Waals surface area contributed by atoms with E-state index in [-0.39, 0.29) is 11.3 Å². The first-order valence-electron chi connectivity index (χ1n) is 5.92. The molecule has 0 heterocycles. The number of nitro groups is 1. The number of anilines is 1. The van der Waals surface area contributed by atoms with Gasteiger partial charge in [0.2, 0.25) is 0 Å². The predicted molar refractivity (Wildman–Crippen MR) is 73.2 cm³/mol. The molecule has 0 radical (unpaired) electrons. The van der Waals surface area contributed by atoms with Gasteiger partial charge in [0.05, 0.1) is 10.5 Å². The van der Waals surface area contributed by atoms with E-state index in [0.717, 1.165) is 6.54 Å². The topological polar surface area (TPSA) is 110 Å². The third-order valence-electron chi connectivity index (χ3n) is 2.67. The number of benzene rings is 1. The maximum Gasteiger partial charge on any atom is 0.270 e. The second-order valence-corrected chi connectivity index (χ2v) is 4.39. The molecule has 104 valence electrons. The zero-order valence-corrected chi connectivity index (χ0v) is 11.0. The van der Waals surface area contributed by atoms with Crippen LogP contribution in [0.1, 0.15) is 17.3 Å². The molecular formula is C12H18N4O3. The highest BCUT2D eigenvalue weighted by atomic mass is 16.6. The molecule has 0 bridgehead atoms. The predicted octanol–water partition coefficient (Wildman–Crippen LogP) is 0.961. The minimum atomic E-state index is -0.688. The van der Waals surface area contributed by atoms with Crippen molar-refractivity contribution in [1.29, 1.82) is 0 Å². The lowest BCUT2D eigenvalue weighted by molar-refractivity contribution is -0.384. The molecule has 4 N–H and O–H groups in total. The Labute approximate surface area is 111 Å². The van der Waals surface area contributed by atoms with E-state index < -0.39 is 10.8 Å². The van der Waals surface area contributed by atoms with E-state index in [1.54, 1.807) is 0 Å². The van der Waals surface area contributed by atoms with E-state index in [2.05, 4.69) is 10.6 Å². The maximum atomic E-state index is 11.3. The largest absolute Gasteiger partial charge is 0.384 e. The zero-order valence-electron chi connectivity index (χ0n) is 11.0. The number of hydrogen-bond acceptors (Lipinski definition) is 5. The van der Waals surface area contributed by atoms with Crippen LogP contribution in [-0.4, -0.2) is 31.0 Å². The molecule has 7 nitrogen and oxygen atoms in total. The Balaban J connectivity index is 2.88. The minimum Gasteiger partial charge on any atom is -0.384 e. The van der Waals surface area contributed by atoms with Crippen LogP contribution >= 0.6 is 0 Å². The average Bonchev–Trinajstić information content (AvgIpc) is 2.36. The summed E-state index contributed by atoms with van der Waals surface area (Å²) in [6.07, 6.45) is 0. The van der Waals surface area contributed by atoms with Gasteiger partial charge in [0.1, 0.15) is 0 Å². The van der Waals surface area contributed by atoms with Gasteiger partial charge in [0.25, 0.3) is 11.6 Å². The first kappa shape index (κ1) is 14.9. The standard InChI is InChI=1S/C12H18N4O3/c1-8(6-14-2)7-15-11-4-3-9(16(18)19)5-10(11)12(13)17/h3-5,8,14-15H,6-7H2,1-2H3,(H2,13,17). The number of rotatable bonds is 7. The van der Waals surface area contributed by atoms with Crippen LogP contribution in [0.4, 0.5) is 11.4 Å². The summed E-state index contributed by atoms with van der Waals surface area (Å²) < 4.78 is 0. The first-order chi connectivity index (χ1) is 8.95. The number of nitrogens with one attached hydrogen (secondary N) is 2. The van der Waals surface area contributed by atoms with Gasteiger partial charge < -0.3 is 16.4 Å². The molecule has 7 heteroatoms. The summed E-state index contributed by atoms with van der Waals surface area (Å²) in [5.74, 6) is -0.339. The third kappa shape index (κ3) is 4.22. The van der Waals surface area contributed by atoms with Crippen molar-refractivity contribution in [2.45, 2.75) is 6.92 Å². The summed E-state index contributed by atoms with van der Waals surface area (Å²) in [4.78, 5) is 21.4. The normalized spacial score (nSPS) is 11.9. The molecular weight excluding hydrogens is 248 g/mol. The quantitative estimate of drug-likeness (QED) is 0.503. The van der Waals surface area contributed by atoms with E-state index in [1.807, 2.05) is 14.0 Å². The Morgan fingerprint density at radius 2 is 2.16 bits per heavy atom. The van der Waals surface area contributed by atoms with Crippen LogP contribution in [0.3, 0.4) is 0 Å². The molecule has 1 unspecified atom stereocenters. The SMILES string of the molecule is CNCC(C)CNc1ccc([N+](=O)[O-])cc1C(N)=O. The number of carbonyl (C=O) groups is 1. The molecule has 0 aromatic heterocycles. The molecule has 1 rings (SSSR count). The Morgan fingerprint density at radius 1 is 1.47 bits per heavy atom. The van der Waals surface area contributed by atoms with E-state index in [1.165, 1.54) is 18.2 Å². The monoisotopic (exact) mass is 266 g/mol. The highest BCUT2D eigenvalue weighted by molar-refractivity contribution is 5.99. The molecule has 0 saturated heterocycles. The summed E-state index contributed by atoms with van der Waals surface area (Å²) >= 11 is 0. The smallest absolute Gasteiger partial charge is 0.270 e. The van der Waals surface area contributed by atoms with Crippen molar-refractivity contribution in [2.75, 3.05) is 25.5 Å². The Morgan fingerprint density at radius 3 is 2.68 bits per heavy atom. The van der Waals surface area contributed by atoms with Crippen molar-refractivity contribution in [3.63, 3.8) is 0 Å². The molecule has 19 heavy (non-hydrogen) atoms. The van der Waals surface area contributed by atoms with Gasteiger partial charge in [0, 0.05) is 24.4 Å². The molecule has 1 aromatic carbocycles. The van der Waals surface area contributed by atoms with E-state index >= 15 is 0 Å². The molecule has 1 amide bonds. The summed E-state index contributed by atoms with van der Waals surface area (Å²) in [6.45, 7) is 3.50. The minimum absolute atomic E-state index is 0.130. The summed E-state index contributed by atoms with van der Waals surface area (Å²) in [5, 5.41) is 16.8. The molecule has 1 atom stereocenters. The van der Waals surface area contributed by atoms with Crippen LogP contribution in [0.25, 0.3) is 0 Å². The molecule has 0 aliphatic rings. The second-order valence-electron chi connectivity index (χ2n) is 4.39. The molecule has 0 aliphatic heterocycles. The lowest BCUT2D eigenvalue weighted by Gasteiger charge is -2.14. The molecule has 0 aliphatic carbocycles. The number of nitrogens with two attached hydrogens (primary N) is 1. The van der Waals surface area contributed by atoms with E-state index in [4.69, 9.17) is 5.73 Å². The van der Waals surface area contributed by atoms with Gasteiger partial charge in [-0.15, -0.1) is 0 Å². The van der Waals surface area contributed by atoms with Crippen LogP contribution in [0.2, 0.25) is 0 Å². The van der Waals surface area contributed by atoms with Crippen molar-refractivity contribution < 1.29 is 9.72 Å². The number of nitro benzene ring substituents is 1. The maximum absolute atomic E-state index is 11.3. The number of non-ortho nitro benzene ring substituents is 1. The van der Waals surface area contributed by atoms with Crippen LogP contribution < -0.4 is 16.4 Å². The van der Waals surface area contributed by atoms with Crippen LogP contribution in [0.5, 0.6) is 0 Å². The summed E-state index contributed by atoms with van der Waals surface area (Å²) in [6, 6.07) is 4.04. The lowest BCUT2D eigenvalue weighted by Crippen LogP contribution is -2.24. The van der Waals surface area contributed by atoms with Gasteiger partial charge in [-0.05, 0) is 25.6 Å². The van der Waals surface area contributed by atoms with E-state index in [9.17, 15) is 14.9 Å². The molecule has 0 spiro atoms. The highest BCUT2D eigenvalue weighted by Gasteiger charge is 2.14. The van der Waals surface area contributed by atoms with Crippen molar-refractivity contribution in [3.05, 3.63) is 33.9 Å². The Hall–Kier alpha value is -2.15. The van der Waals surface area contributed by atoms with Gasteiger partial charge in [-0.1, -0.05) is 6.92 Å². The van der Waals surface area contributed by atoms with Gasteiger partial charge in [-0.3, -0.25) is 14.9 Å². The Kier molecular flexibility index (Phi) is 5.25. The number of hydrogen-bond donors (Lipinski definition) is 3. The number of nitrogens with zero attached hydrogens (tertiary/aromatic N) is 1. The van der Waals surface area contributed by atoms with Gasteiger partial charge in [-0.2, -0.15) is 0 Å². The fourth-order valence-corrected chi connectivity index (χ4v) is 1.71. The number of amides is 1. The van der Waals surface area contributed by atoms with E-state index in [0.29, 0.717) is 18.2 Å². The zero-order chi connectivity index (χ0) is 14.4. The second kappa shape index (κ2) is 6.69. The molecule has 0 fully saturated rings. The fraction of sp³-hybridized carbons (Fsp3) is 0.417. The summed E-state index contributed by atoms with van der Waals surface area (Å²) in [7, 11) is 1.86. The van der Waals surface area contributed by atoms with Gasteiger partial charge >= 0.3 is 0 Å². The third-order valence-corrected chi connectivity index (χ3v) is 2.67. The molecule has 0 saturated carbocycles. The Bertz CT molecular complexity index is 476. The van der Waals surface area contributed by atoms with Crippen LogP contribution in [0, 0.1) is 16.0 Å². The van der Waals surface area contributed by atoms with Gasteiger partial charge in [0.15, 0.2) is 0 Å². The summed E-state index contributed by atoms with van der Waals surface area (Å²) in [5.41, 5.74) is 5.73. The highest BCUT2D eigenvalue weighted by Crippen LogP contribution is 2.22. The van der Waals surface area contributed by atoms with Crippen molar-refractivity contribution in [2.24, 2.45) is 11.7 Å². The van der Waals surface area contributed by atoms with Crippen molar-refractivity contribution >= 4 is 17.3 Å². The fourth-order valence-electron chi connectivity index (χ4n) is 1.71. The average molecular weight is 266 g/mol. The van der Waals surface area contributed by atoms with Crippen molar-refractivity contribution in [1.82, 2.24) is 5.32 Å². The van der Waals surface area contributed by atoms with Crippen LogP contribution in [-0.2, 0) is 0 Å². The van der Waals surface area contributed by atoms with Crippen molar-refractivity contribution in [3.8, 4) is 0 Å². The van der Waals surface area contributed by atoms with Crippen LogP contribution in [0.15, 0.2) is 18.2 Å². The van der Waals surface area contributed by atoms with Gasteiger partial charge in [-0.25, -0.2) is 0 Å². The molecule has 1 aromatic rings. The first-order valence-corrected chi connectivity index (χ1v) is 5.92. The number of primary amides is 1. The lowest BCUT2D eigenvalue weighted by atomic mass is 10.1. The number of carbonyl (C=O) groups excluding carboxylic acids is 1.